The predicted octanol–water partition coefficient (Wildman–Crippen LogP) is 3.08. The molecule has 0 aliphatic heterocycles. The molecule has 1 amide bonds. The second kappa shape index (κ2) is 6.92. The quantitative estimate of drug-likeness (QED) is 0.530. The minimum absolute atomic E-state index is 0.120. The van der Waals surface area contributed by atoms with Crippen molar-refractivity contribution in [2.45, 2.75) is 25.5 Å². The topological polar surface area (TPSA) is 88.0 Å². The third-order valence-corrected chi connectivity index (χ3v) is 4.28. The molecule has 0 aliphatic carbocycles. The Morgan fingerprint density at radius 3 is 2.92 bits per heavy atom. The third kappa shape index (κ3) is 3.86. The molecule has 7 heteroatoms. The van der Waals surface area contributed by atoms with E-state index in [1.54, 1.807) is 12.1 Å². The summed E-state index contributed by atoms with van der Waals surface area (Å²) < 4.78 is 5.45. The van der Waals surface area contributed by atoms with Gasteiger partial charge in [0.05, 0.1) is 23.3 Å². The zero-order valence-corrected chi connectivity index (χ0v) is 14.2. The summed E-state index contributed by atoms with van der Waals surface area (Å²) in [6, 6.07) is 9.30. The number of hydrogen-bond acceptors (Lipinski definition) is 5. The number of amides is 1. The summed E-state index contributed by atoms with van der Waals surface area (Å²) in [5, 5.41) is 3.33. The van der Waals surface area contributed by atoms with E-state index in [4.69, 9.17) is 4.42 Å². The van der Waals surface area contributed by atoms with Crippen LogP contribution in [-0.2, 0) is 11.3 Å². The van der Waals surface area contributed by atoms with Crippen molar-refractivity contribution in [3.8, 4) is 0 Å². The lowest BCUT2D eigenvalue weighted by atomic mass is 10.2. The maximum Gasteiger partial charge on any atom is 0.217 e. The second-order valence-electron chi connectivity index (χ2n) is 5.45. The monoisotopic (exact) mass is 343 g/mol. The molecule has 124 valence electrons. The highest BCUT2D eigenvalue weighted by Crippen LogP contribution is 2.21. The van der Waals surface area contributed by atoms with Crippen LogP contribution in [0.15, 0.2) is 39.9 Å². The molecule has 3 rings (SSSR count). The molecule has 0 spiro atoms. The number of imidazole rings is 1. The Kier molecular flexibility index (Phi) is 4.71. The van der Waals surface area contributed by atoms with Crippen LogP contribution in [0.3, 0.4) is 0 Å². The largest absolute Gasteiger partial charge is 0.456 e. The third-order valence-electron chi connectivity index (χ3n) is 3.40. The molecular formula is C17H17N3O3S. The van der Waals surface area contributed by atoms with E-state index in [9.17, 15) is 9.59 Å². The number of fused-ring (bicyclic) bond motifs is 1. The number of hydrogen-bond donors (Lipinski definition) is 2. The van der Waals surface area contributed by atoms with Gasteiger partial charge in [0, 0.05) is 6.92 Å². The summed E-state index contributed by atoms with van der Waals surface area (Å²) in [5.41, 5.74) is 2.99. The van der Waals surface area contributed by atoms with E-state index in [2.05, 4.69) is 15.3 Å². The number of nitrogens with zero attached hydrogens (tertiary/aromatic N) is 1. The van der Waals surface area contributed by atoms with Crippen molar-refractivity contribution in [2.75, 3.05) is 5.75 Å². The van der Waals surface area contributed by atoms with Gasteiger partial charge in [-0.2, -0.15) is 0 Å². The van der Waals surface area contributed by atoms with Crippen molar-refractivity contribution in [1.82, 2.24) is 15.3 Å². The molecule has 1 aromatic carbocycles. The van der Waals surface area contributed by atoms with Crippen molar-refractivity contribution in [3.63, 3.8) is 0 Å². The normalized spacial score (nSPS) is 10.9. The maximum atomic E-state index is 12.2. The Hall–Kier alpha value is -2.54. The summed E-state index contributed by atoms with van der Waals surface area (Å²) in [5.74, 6) is 0.805. The Morgan fingerprint density at radius 2 is 2.12 bits per heavy atom. The van der Waals surface area contributed by atoms with E-state index in [-0.39, 0.29) is 29.7 Å². The highest BCUT2D eigenvalue weighted by Gasteiger charge is 2.13. The van der Waals surface area contributed by atoms with E-state index in [1.807, 2.05) is 25.1 Å². The lowest BCUT2D eigenvalue weighted by Gasteiger charge is -1.98. The van der Waals surface area contributed by atoms with Gasteiger partial charge >= 0.3 is 0 Å². The van der Waals surface area contributed by atoms with Gasteiger partial charge in [-0.25, -0.2) is 4.98 Å². The molecule has 2 aromatic heterocycles. The zero-order valence-electron chi connectivity index (χ0n) is 13.4. The van der Waals surface area contributed by atoms with Crippen LogP contribution in [0.4, 0.5) is 0 Å². The van der Waals surface area contributed by atoms with Crippen LogP contribution in [0.25, 0.3) is 11.0 Å². The molecule has 2 heterocycles. The average Bonchev–Trinajstić information content (AvgIpc) is 3.16. The minimum Gasteiger partial charge on any atom is -0.456 e. The molecule has 0 radical (unpaired) electrons. The number of carbonyl (C=O) groups excluding carboxylic acids is 2. The van der Waals surface area contributed by atoms with Gasteiger partial charge in [-0.1, -0.05) is 17.8 Å². The fourth-order valence-electron chi connectivity index (χ4n) is 2.21. The van der Waals surface area contributed by atoms with Crippen LogP contribution < -0.4 is 5.32 Å². The molecule has 0 fully saturated rings. The van der Waals surface area contributed by atoms with Crippen LogP contribution in [0, 0.1) is 6.92 Å². The SMILES string of the molecule is CC(=O)NCc1ccc(C(=O)CSc2nc3ccc(C)cc3[nH]2)o1. The Morgan fingerprint density at radius 1 is 1.29 bits per heavy atom. The molecule has 0 atom stereocenters. The van der Waals surface area contributed by atoms with Crippen LogP contribution in [0.1, 0.15) is 28.8 Å². The number of nitrogens with one attached hydrogen (secondary N) is 2. The number of aromatic nitrogens is 2. The molecule has 6 nitrogen and oxygen atoms in total. The highest BCUT2D eigenvalue weighted by atomic mass is 32.2. The summed E-state index contributed by atoms with van der Waals surface area (Å²) in [6.07, 6.45) is 0. The number of H-pyrrole nitrogens is 1. The Labute approximate surface area is 143 Å². The van der Waals surface area contributed by atoms with Gasteiger partial charge in [0.15, 0.2) is 10.9 Å². The molecule has 0 unspecified atom stereocenters. The fraction of sp³-hybridized carbons (Fsp3) is 0.235. The lowest BCUT2D eigenvalue weighted by molar-refractivity contribution is -0.119. The number of rotatable bonds is 6. The standard InChI is InChI=1S/C17H17N3O3S/c1-10-3-5-13-14(7-10)20-17(19-13)24-9-15(22)16-6-4-12(23-16)8-18-11(2)21/h3-7H,8-9H2,1-2H3,(H,18,21)(H,19,20). The van der Waals surface area contributed by atoms with E-state index in [0.717, 1.165) is 16.6 Å². The predicted molar refractivity (Wildman–Crippen MR) is 92.1 cm³/mol. The summed E-state index contributed by atoms with van der Waals surface area (Å²) >= 11 is 1.34. The molecule has 0 saturated carbocycles. The van der Waals surface area contributed by atoms with E-state index in [1.165, 1.54) is 18.7 Å². The molecule has 0 aliphatic rings. The summed E-state index contributed by atoms with van der Waals surface area (Å²) in [4.78, 5) is 30.7. The van der Waals surface area contributed by atoms with Crippen LogP contribution in [0.5, 0.6) is 0 Å². The number of ketones is 1. The number of furan rings is 1. The van der Waals surface area contributed by atoms with Gasteiger partial charge in [0.2, 0.25) is 11.7 Å². The van der Waals surface area contributed by atoms with Crippen LogP contribution in [-0.4, -0.2) is 27.4 Å². The average molecular weight is 343 g/mol. The number of aryl methyl sites for hydroxylation is 1. The summed E-state index contributed by atoms with van der Waals surface area (Å²) in [6.45, 7) is 3.73. The van der Waals surface area contributed by atoms with E-state index < -0.39 is 0 Å². The molecule has 0 bridgehead atoms. The second-order valence-corrected chi connectivity index (χ2v) is 6.41. The number of Topliss-reactive ketones (excluding diaryl/α,β-unsaturated/α-hetero) is 1. The van der Waals surface area contributed by atoms with Gasteiger partial charge in [-0.15, -0.1) is 0 Å². The van der Waals surface area contributed by atoms with Crippen molar-refractivity contribution in [1.29, 1.82) is 0 Å². The first kappa shape index (κ1) is 16.3. The van der Waals surface area contributed by atoms with E-state index in [0.29, 0.717) is 10.9 Å². The van der Waals surface area contributed by atoms with Crippen LogP contribution >= 0.6 is 11.8 Å². The van der Waals surface area contributed by atoms with Gasteiger partial charge in [-0.05, 0) is 36.8 Å². The zero-order chi connectivity index (χ0) is 17.1. The highest BCUT2D eigenvalue weighted by molar-refractivity contribution is 7.99. The smallest absolute Gasteiger partial charge is 0.217 e. The molecule has 24 heavy (non-hydrogen) atoms. The number of aromatic amines is 1. The van der Waals surface area contributed by atoms with Gasteiger partial charge in [0.25, 0.3) is 0 Å². The first-order valence-electron chi connectivity index (χ1n) is 7.47. The molecule has 0 saturated heterocycles. The van der Waals surface area contributed by atoms with Crippen molar-refractivity contribution < 1.29 is 14.0 Å². The van der Waals surface area contributed by atoms with Crippen molar-refractivity contribution in [3.05, 3.63) is 47.4 Å². The Balaban J connectivity index is 1.61. The fourth-order valence-corrected chi connectivity index (χ4v) is 2.96. The lowest BCUT2D eigenvalue weighted by Crippen LogP contribution is -2.18. The minimum atomic E-state index is -0.144. The first-order valence-corrected chi connectivity index (χ1v) is 8.45. The number of thioether (sulfide) groups is 1. The van der Waals surface area contributed by atoms with Crippen LogP contribution in [0.2, 0.25) is 0 Å². The molecule has 3 aromatic rings. The van der Waals surface area contributed by atoms with Crippen molar-refractivity contribution >= 4 is 34.5 Å². The van der Waals surface area contributed by atoms with Gasteiger partial charge in [-0.3, -0.25) is 9.59 Å². The molecule has 2 N–H and O–H groups in total. The Bertz CT molecular complexity index is 898. The van der Waals surface area contributed by atoms with Gasteiger partial charge < -0.3 is 14.7 Å². The summed E-state index contributed by atoms with van der Waals surface area (Å²) in [7, 11) is 0. The number of carbonyl (C=O) groups is 2. The van der Waals surface area contributed by atoms with E-state index >= 15 is 0 Å². The number of benzene rings is 1. The first-order chi connectivity index (χ1) is 11.5. The maximum absolute atomic E-state index is 12.2. The van der Waals surface area contributed by atoms with Crippen molar-refractivity contribution in [2.24, 2.45) is 0 Å². The molecular weight excluding hydrogens is 326 g/mol. The van der Waals surface area contributed by atoms with Gasteiger partial charge in [0.1, 0.15) is 5.76 Å².